The molecule has 0 aromatic carbocycles. The fourth-order valence-corrected chi connectivity index (χ4v) is 2.32. The van der Waals surface area contributed by atoms with Gasteiger partial charge in [-0.2, -0.15) is 0 Å². The third kappa shape index (κ3) is 12.0. The number of phosphoric ester groups is 1. The Morgan fingerprint density at radius 3 is 1.52 bits per heavy atom. The Hall–Kier alpha value is -1.03. The first-order valence-corrected chi connectivity index (χ1v) is 9.50. The van der Waals surface area contributed by atoms with E-state index in [2.05, 4.69) is 9.05 Å². The number of hydrogen-bond acceptors (Lipinski definition) is 9. The Bertz CT molecular complexity index is 405. The topological polar surface area (TPSA) is 149 Å². The number of carbonyl (C=O) groups is 2. The Kier molecular flexibility index (Phi) is 12.7. The molecule has 0 aliphatic carbocycles. The van der Waals surface area contributed by atoms with Crippen LogP contribution in [0.5, 0.6) is 0 Å². The number of esters is 2. The Morgan fingerprint density at radius 1 is 0.880 bits per heavy atom. The van der Waals surface area contributed by atoms with Gasteiger partial charge in [-0.25, -0.2) is 4.57 Å². The molecule has 0 radical (unpaired) electrons. The van der Waals surface area contributed by atoms with Crippen molar-refractivity contribution in [3.8, 4) is 0 Å². The Morgan fingerprint density at radius 2 is 1.24 bits per heavy atom. The highest BCUT2D eigenvalue weighted by Crippen LogP contribution is 2.43. The van der Waals surface area contributed by atoms with Crippen LogP contribution < -0.4 is 0 Å². The van der Waals surface area contributed by atoms with Crippen LogP contribution in [0.3, 0.4) is 0 Å². The molecule has 0 bridgehead atoms. The monoisotopic (exact) mass is 386 g/mol. The fourth-order valence-electron chi connectivity index (χ4n) is 1.54. The van der Waals surface area contributed by atoms with Crippen molar-refractivity contribution in [1.29, 1.82) is 0 Å². The smallest absolute Gasteiger partial charge is 0.457 e. The van der Waals surface area contributed by atoms with E-state index in [-0.39, 0.29) is 12.8 Å². The maximum atomic E-state index is 11.7. The summed E-state index contributed by atoms with van der Waals surface area (Å²) in [5, 5.41) is 18.2. The number of rotatable bonds is 14. The third-order valence-corrected chi connectivity index (χ3v) is 3.71. The quantitative estimate of drug-likeness (QED) is 0.285. The number of aliphatic hydroxyl groups is 2. The molecule has 0 saturated heterocycles. The number of ether oxygens (including phenoxy) is 2. The standard InChI is InChI=1S/C14H27O10P/c1-3-5-13(17)23-11(7-15)9-21-25(19,20)22-10-12(8-16)24-14(18)6-4-2/h11-12,15-16H,3-10H2,1-2H3,(H,19,20). The maximum Gasteiger partial charge on any atom is 0.472 e. The molecule has 0 aromatic heterocycles. The molecular formula is C14H27O10P. The molecule has 11 heteroatoms. The first kappa shape index (κ1) is 24.0. The van der Waals surface area contributed by atoms with Crippen molar-refractivity contribution >= 4 is 19.8 Å². The van der Waals surface area contributed by atoms with Gasteiger partial charge in [-0.1, -0.05) is 13.8 Å². The number of carbonyl (C=O) groups excluding carboxylic acids is 2. The minimum Gasteiger partial charge on any atom is -0.457 e. The van der Waals surface area contributed by atoms with E-state index in [9.17, 15) is 19.0 Å². The molecule has 0 saturated carbocycles. The lowest BCUT2D eigenvalue weighted by atomic mass is 10.3. The summed E-state index contributed by atoms with van der Waals surface area (Å²) in [6.07, 6.45) is -0.827. The molecule has 25 heavy (non-hydrogen) atoms. The zero-order chi connectivity index (χ0) is 19.3. The summed E-state index contributed by atoms with van der Waals surface area (Å²) >= 11 is 0. The predicted octanol–water partition coefficient (Wildman–Crippen LogP) is 0.528. The van der Waals surface area contributed by atoms with Crippen molar-refractivity contribution in [2.24, 2.45) is 0 Å². The van der Waals surface area contributed by atoms with Crippen molar-refractivity contribution in [2.75, 3.05) is 26.4 Å². The first-order chi connectivity index (χ1) is 11.8. The van der Waals surface area contributed by atoms with Gasteiger partial charge in [0.1, 0.15) is 12.2 Å². The van der Waals surface area contributed by atoms with Gasteiger partial charge in [-0.05, 0) is 12.8 Å². The van der Waals surface area contributed by atoms with E-state index in [0.717, 1.165) is 0 Å². The van der Waals surface area contributed by atoms with E-state index < -0.39 is 58.4 Å². The lowest BCUT2D eigenvalue weighted by molar-refractivity contribution is -0.153. The fraction of sp³-hybridized carbons (Fsp3) is 0.857. The van der Waals surface area contributed by atoms with Gasteiger partial charge in [-0.3, -0.25) is 18.6 Å². The molecule has 148 valence electrons. The van der Waals surface area contributed by atoms with Gasteiger partial charge in [0.25, 0.3) is 0 Å². The summed E-state index contributed by atoms with van der Waals surface area (Å²) in [6.45, 7) is 1.24. The Balaban J connectivity index is 4.34. The molecular weight excluding hydrogens is 359 g/mol. The van der Waals surface area contributed by atoms with Gasteiger partial charge in [0.2, 0.25) is 0 Å². The van der Waals surface area contributed by atoms with E-state index in [0.29, 0.717) is 12.8 Å². The second-order valence-corrected chi connectivity index (χ2v) is 6.60. The van der Waals surface area contributed by atoms with E-state index in [4.69, 9.17) is 19.7 Å². The van der Waals surface area contributed by atoms with Gasteiger partial charge in [0.05, 0.1) is 26.4 Å². The summed E-state index contributed by atoms with van der Waals surface area (Å²) in [7, 11) is -4.55. The van der Waals surface area contributed by atoms with Crippen molar-refractivity contribution in [1.82, 2.24) is 0 Å². The van der Waals surface area contributed by atoms with Crippen LogP contribution in [0.25, 0.3) is 0 Å². The minimum absolute atomic E-state index is 0.144. The molecule has 10 nitrogen and oxygen atoms in total. The highest BCUT2D eigenvalue weighted by Gasteiger charge is 2.27. The van der Waals surface area contributed by atoms with Crippen molar-refractivity contribution < 1.29 is 47.8 Å². The molecule has 2 unspecified atom stereocenters. The van der Waals surface area contributed by atoms with E-state index in [1.165, 1.54) is 0 Å². The number of phosphoric acid groups is 1. The highest BCUT2D eigenvalue weighted by atomic mass is 31.2. The normalized spacial score (nSPS) is 15.9. The molecule has 2 atom stereocenters. The summed E-state index contributed by atoms with van der Waals surface area (Å²) in [6, 6.07) is 0. The molecule has 0 aliphatic heterocycles. The van der Waals surface area contributed by atoms with Crippen molar-refractivity contribution in [3.05, 3.63) is 0 Å². The largest absolute Gasteiger partial charge is 0.472 e. The predicted molar refractivity (Wildman–Crippen MR) is 85.5 cm³/mol. The average Bonchev–Trinajstić information content (AvgIpc) is 2.55. The van der Waals surface area contributed by atoms with E-state index in [1.807, 2.05) is 0 Å². The van der Waals surface area contributed by atoms with Gasteiger partial charge in [-0.15, -0.1) is 0 Å². The second-order valence-electron chi connectivity index (χ2n) is 5.15. The SMILES string of the molecule is CCCC(=O)OC(CO)COP(=O)(O)OCC(CO)OC(=O)CCC. The highest BCUT2D eigenvalue weighted by molar-refractivity contribution is 7.47. The summed E-state index contributed by atoms with van der Waals surface area (Å²) in [4.78, 5) is 32.2. The lowest BCUT2D eigenvalue weighted by Crippen LogP contribution is -2.28. The molecule has 0 rings (SSSR count). The zero-order valence-electron chi connectivity index (χ0n) is 14.5. The third-order valence-electron chi connectivity index (χ3n) is 2.76. The second kappa shape index (κ2) is 13.2. The van der Waals surface area contributed by atoms with Crippen LogP contribution in [-0.2, 0) is 32.7 Å². The minimum atomic E-state index is -4.55. The van der Waals surface area contributed by atoms with Crippen molar-refractivity contribution in [2.45, 2.75) is 51.7 Å². The van der Waals surface area contributed by atoms with Crippen LogP contribution >= 0.6 is 7.82 Å². The first-order valence-electron chi connectivity index (χ1n) is 8.00. The zero-order valence-corrected chi connectivity index (χ0v) is 15.4. The molecule has 0 fully saturated rings. The summed E-state index contributed by atoms with van der Waals surface area (Å²) in [5.74, 6) is -1.14. The number of hydrogen-bond donors (Lipinski definition) is 3. The van der Waals surface area contributed by atoms with Crippen LogP contribution in [0.15, 0.2) is 0 Å². The molecule has 0 aliphatic rings. The molecule has 0 aromatic rings. The van der Waals surface area contributed by atoms with Crippen LogP contribution in [0.4, 0.5) is 0 Å². The van der Waals surface area contributed by atoms with Crippen molar-refractivity contribution in [3.63, 3.8) is 0 Å². The van der Waals surface area contributed by atoms with E-state index in [1.54, 1.807) is 13.8 Å². The summed E-state index contributed by atoms with van der Waals surface area (Å²) < 4.78 is 30.7. The summed E-state index contributed by atoms with van der Waals surface area (Å²) in [5.41, 5.74) is 0. The maximum absolute atomic E-state index is 11.7. The molecule has 0 spiro atoms. The Labute approximate surface area is 146 Å². The van der Waals surface area contributed by atoms with Gasteiger partial charge < -0.3 is 24.6 Å². The molecule has 3 N–H and O–H groups in total. The number of aliphatic hydroxyl groups excluding tert-OH is 2. The van der Waals surface area contributed by atoms with Crippen LogP contribution in [0, 0.1) is 0 Å². The van der Waals surface area contributed by atoms with Crippen LogP contribution in [0.1, 0.15) is 39.5 Å². The van der Waals surface area contributed by atoms with Crippen LogP contribution in [-0.4, -0.2) is 65.7 Å². The lowest BCUT2D eigenvalue weighted by Gasteiger charge is -2.20. The average molecular weight is 386 g/mol. The molecule has 0 amide bonds. The van der Waals surface area contributed by atoms with Gasteiger partial charge in [0.15, 0.2) is 0 Å². The van der Waals surface area contributed by atoms with Crippen LogP contribution in [0.2, 0.25) is 0 Å². The van der Waals surface area contributed by atoms with E-state index >= 15 is 0 Å². The van der Waals surface area contributed by atoms with Gasteiger partial charge >= 0.3 is 19.8 Å². The van der Waals surface area contributed by atoms with Gasteiger partial charge in [0, 0.05) is 12.8 Å². The molecule has 0 heterocycles.